The minimum absolute atomic E-state index is 1.03. The number of aryl methyl sites for hydroxylation is 1. The van der Waals surface area contributed by atoms with E-state index in [4.69, 9.17) is 4.74 Å². The van der Waals surface area contributed by atoms with E-state index in [0.29, 0.717) is 0 Å². The Kier molecular flexibility index (Phi) is 2.58. The van der Waals surface area contributed by atoms with Crippen LogP contribution in [-0.4, -0.2) is 15.0 Å². The number of rotatable bonds is 2. The molecule has 0 unspecified atom stereocenters. The van der Waals surface area contributed by atoms with Gasteiger partial charge < -0.3 is 4.74 Å². The molecule has 1 rings (SSSR count). The Balaban J connectivity index is 3.13. The minimum Gasteiger partial charge on any atom is -0.496 e. The maximum atomic E-state index is 5.27. The second kappa shape index (κ2) is 3.47. The lowest BCUT2D eigenvalue weighted by Crippen LogP contribution is -1.93. The molecule has 0 N–H and O–H groups in total. The van der Waals surface area contributed by atoms with Crippen molar-refractivity contribution in [1.29, 1.82) is 0 Å². The second-order valence-corrected chi connectivity index (χ2v) is 2.62. The zero-order valence-electron chi connectivity index (χ0n) is 7.35. The highest BCUT2D eigenvalue weighted by atomic mass is 16.5. The van der Waals surface area contributed by atoms with E-state index >= 15 is 0 Å². The van der Waals surface area contributed by atoms with Gasteiger partial charge in [0.1, 0.15) is 13.6 Å². The smallest absolute Gasteiger partial charge is 0.124 e. The molecule has 0 fully saturated rings. The van der Waals surface area contributed by atoms with Crippen molar-refractivity contribution in [1.82, 2.24) is 0 Å². The first-order chi connectivity index (χ1) is 5.29. The summed E-state index contributed by atoms with van der Waals surface area (Å²) in [6.45, 7) is 2.07. The van der Waals surface area contributed by atoms with Crippen molar-refractivity contribution in [3.63, 3.8) is 0 Å². The third kappa shape index (κ3) is 1.56. The molecule has 1 aromatic rings. The standard InChI is InChI=1S/C9H13BO/c1-7-4-3-5-8(6-10)9(7)11-2/h3-5H,6,10H2,1-2H3. The molecule has 0 aliphatic rings. The SMILES string of the molecule is BCc1cccc(C)c1OC. The van der Waals surface area contributed by atoms with Gasteiger partial charge in [0.05, 0.1) is 7.11 Å². The lowest BCUT2D eigenvalue weighted by molar-refractivity contribution is 0.408. The quantitative estimate of drug-likeness (QED) is 0.571. The van der Waals surface area contributed by atoms with Gasteiger partial charge in [0.25, 0.3) is 0 Å². The zero-order valence-corrected chi connectivity index (χ0v) is 7.35. The van der Waals surface area contributed by atoms with Crippen LogP contribution in [0.15, 0.2) is 18.2 Å². The van der Waals surface area contributed by atoms with Crippen LogP contribution >= 0.6 is 0 Å². The monoisotopic (exact) mass is 148 g/mol. The van der Waals surface area contributed by atoms with Gasteiger partial charge in [-0.2, -0.15) is 0 Å². The van der Waals surface area contributed by atoms with Gasteiger partial charge in [-0.1, -0.05) is 24.5 Å². The number of hydrogen-bond acceptors (Lipinski definition) is 1. The van der Waals surface area contributed by atoms with E-state index in [9.17, 15) is 0 Å². The van der Waals surface area contributed by atoms with Crippen LogP contribution < -0.4 is 4.74 Å². The average molecular weight is 148 g/mol. The van der Waals surface area contributed by atoms with Crippen LogP contribution in [-0.2, 0) is 6.32 Å². The summed E-state index contributed by atoms with van der Waals surface area (Å²) in [5.41, 5.74) is 2.50. The molecule has 0 saturated carbocycles. The molecular weight excluding hydrogens is 135 g/mol. The molecule has 58 valence electrons. The number of hydrogen-bond donors (Lipinski definition) is 0. The molecule has 0 heterocycles. The Labute approximate surface area is 68.8 Å². The van der Waals surface area contributed by atoms with Crippen molar-refractivity contribution in [3.05, 3.63) is 29.3 Å². The first-order valence-electron chi connectivity index (χ1n) is 3.92. The molecule has 0 spiro atoms. The maximum absolute atomic E-state index is 5.27. The predicted molar refractivity (Wildman–Crippen MR) is 50.0 cm³/mol. The molecule has 2 heteroatoms. The summed E-state index contributed by atoms with van der Waals surface area (Å²) in [7, 11) is 3.86. The van der Waals surface area contributed by atoms with E-state index in [1.165, 1.54) is 11.1 Å². The van der Waals surface area contributed by atoms with Gasteiger partial charge in [-0.15, -0.1) is 0 Å². The molecule has 1 nitrogen and oxygen atoms in total. The van der Waals surface area contributed by atoms with Gasteiger partial charge in [-0.05, 0) is 18.1 Å². The van der Waals surface area contributed by atoms with E-state index in [1.54, 1.807) is 7.11 Å². The first kappa shape index (κ1) is 8.18. The van der Waals surface area contributed by atoms with E-state index in [0.717, 1.165) is 12.1 Å². The van der Waals surface area contributed by atoms with E-state index in [-0.39, 0.29) is 0 Å². The minimum atomic E-state index is 1.03. The van der Waals surface area contributed by atoms with Crippen LogP contribution in [0.5, 0.6) is 5.75 Å². The Morgan fingerprint density at radius 1 is 1.45 bits per heavy atom. The van der Waals surface area contributed by atoms with E-state index < -0.39 is 0 Å². The predicted octanol–water partition coefficient (Wildman–Crippen LogP) is 1.14. The third-order valence-electron chi connectivity index (χ3n) is 1.88. The highest BCUT2D eigenvalue weighted by Gasteiger charge is 2.01. The van der Waals surface area contributed by atoms with E-state index in [1.807, 2.05) is 0 Å². The molecule has 0 radical (unpaired) electrons. The fraction of sp³-hybridized carbons (Fsp3) is 0.333. The fourth-order valence-electron chi connectivity index (χ4n) is 1.28. The van der Waals surface area contributed by atoms with Crippen LogP contribution in [0.1, 0.15) is 11.1 Å². The molecule has 0 aromatic heterocycles. The number of methoxy groups -OCH3 is 1. The van der Waals surface area contributed by atoms with Crippen molar-refractivity contribution < 1.29 is 4.74 Å². The fourth-order valence-corrected chi connectivity index (χ4v) is 1.28. The summed E-state index contributed by atoms with van der Waals surface area (Å²) in [6, 6.07) is 6.24. The van der Waals surface area contributed by atoms with Gasteiger partial charge in [-0.3, -0.25) is 0 Å². The summed E-state index contributed by atoms with van der Waals surface area (Å²) in [5.74, 6) is 1.04. The van der Waals surface area contributed by atoms with Crippen LogP contribution in [0.4, 0.5) is 0 Å². The van der Waals surface area contributed by atoms with Crippen molar-refractivity contribution in [2.24, 2.45) is 0 Å². The van der Waals surface area contributed by atoms with Crippen LogP contribution in [0.25, 0.3) is 0 Å². The molecule has 0 bridgehead atoms. The largest absolute Gasteiger partial charge is 0.496 e. The van der Waals surface area contributed by atoms with Crippen molar-refractivity contribution >= 4 is 7.85 Å². The lowest BCUT2D eigenvalue weighted by Gasteiger charge is -2.08. The molecular formula is C9H13BO. The highest BCUT2D eigenvalue weighted by Crippen LogP contribution is 2.22. The highest BCUT2D eigenvalue weighted by molar-refractivity contribution is 6.08. The Bertz CT molecular complexity index is 245. The van der Waals surface area contributed by atoms with Crippen molar-refractivity contribution in [3.8, 4) is 5.75 Å². The van der Waals surface area contributed by atoms with Crippen molar-refractivity contribution in [2.75, 3.05) is 7.11 Å². The number of para-hydroxylation sites is 1. The summed E-state index contributed by atoms with van der Waals surface area (Å²) < 4.78 is 5.27. The van der Waals surface area contributed by atoms with Crippen LogP contribution in [0.2, 0.25) is 0 Å². The van der Waals surface area contributed by atoms with Gasteiger partial charge >= 0.3 is 0 Å². The van der Waals surface area contributed by atoms with Gasteiger partial charge in [0.15, 0.2) is 0 Å². The Morgan fingerprint density at radius 2 is 2.18 bits per heavy atom. The second-order valence-electron chi connectivity index (χ2n) is 2.62. The number of ether oxygens (including phenoxy) is 1. The summed E-state index contributed by atoms with van der Waals surface area (Å²) in [6.07, 6.45) is 1.03. The average Bonchev–Trinajstić information content (AvgIpc) is 2.04. The van der Waals surface area contributed by atoms with Crippen LogP contribution in [0.3, 0.4) is 0 Å². The number of benzene rings is 1. The molecule has 11 heavy (non-hydrogen) atoms. The molecule has 0 amide bonds. The molecule has 0 aliphatic carbocycles. The lowest BCUT2D eigenvalue weighted by atomic mass is 9.95. The molecule has 1 aromatic carbocycles. The molecule has 0 atom stereocenters. The molecule has 0 saturated heterocycles. The summed E-state index contributed by atoms with van der Waals surface area (Å²) >= 11 is 0. The third-order valence-corrected chi connectivity index (χ3v) is 1.88. The normalized spacial score (nSPS) is 9.64. The zero-order chi connectivity index (χ0) is 8.27. The maximum Gasteiger partial charge on any atom is 0.124 e. The summed E-state index contributed by atoms with van der Waals surface area (Å²) in [5, 5.41) is 0. The van der Waals surface area contributed by atoms with Crippen molar-refractivity contribution in [2.45, 2.75) is 13.2 Å². The topological polar surface area (TPSA) is 9.23 Å². The van der Waals surface area contributed by atoms with Gasteiger partial charge in [0, 0.05) is 0 Å². The van der Waals surface area contributed by atoms with Gasteiger partial charge in [-0.25, -0.2) is 0 Å². The summed E-state index contributed by atoms with van der Waals surface area (Å²) in [4.78, 5) is 0. The Morgan fingerprint density at radius 3 is 2.64 bits per heavy atom. The van der Waals surface area contributed by atoms with Gasteiger partial charge in [0.2, 0.25) is 0 Å². The first-order valence-corrected chi connectivity index (χ1v) is 3.92. The van der Waals surface area contributed by atoms with Crippen LogP contribution in [0, 0.1) is 6.92 Å². The molecule has 0 aliphatic heterocycles. The van der Waals surface area contributed by atoms with E-state index in [2.05, 4.69) is 33.0 Å². The Hall–Kier alpha value is -0.915.